The number of aryl methyl sites for hydroxylation is 1. The van der Waals surface area contributed by atoms with Gasteiger partial charge in [0.25, 0.3) is 0 Å². The molecular formula is C16H28N4. The van der Waals surface area contributed by atoms with Gasteiger partial charge in [-0.05, 0) is 38.5 Å². The Morgan fingerprint density at radius 3 is 2.50 bits per heavy atom. The van der Waals surface area contributed by atoms with Gasteiger partial charge in [-0.15, -0.1) is 0 Å². The van der Waals surface area contributed by atoms with E-state index < -0.39 is 0 Å². The van der Waals surface area contributed by atoms with Crippen LogP contribution in [0.1, 0.15) is 45.5 Å². The summed E-state index contributed by atoms with van der Waals surface area (Å²) in [6, 6.07) is 0. The van der Waals surface area contributed by atoms with E-state index in [1.54, 1.807) is 0 Å². The predicted octanol–water partition coefficient (Wildman–Crippen LogP) is 3.40. The van der Waals surface area contributed by atoms with Gasteiger partial charge in [-0.25, -0.2) is 9.97 Å². The topological polar surface area (TPSA) is 41.1 Å². The van der Waals surface area contributed by atoms with Crippen LogP contribution in [0.5, 0.6) is 0 Å². The number of aromatic nitrogens is 2. The zero-order chi connectivity index (χ0) is 14.9. The Balaban J connectivity index is 2.26. The first-order chi connectivity index (χ1) is 9.32. The average Bonchev–Trinajstić information content (AvgIpc) is 2.82. The van der Waals surface area contributed by atoms with Crippen LogP contribution < -0.4 is 10.2 Å². The van der Waals surface area contributed by atoms with Crippen molar-refractivity contribution in [2.45, 2.75) is 48.0 Å². The van der Waals surface area contributed by atoms with Gasteiger partial charge in [0.15, 0.2) is 0 Å². The monoisotopic (exact) mass is 276 g/mol. The molecule has 1 unspecified atom stereocenters. The molecule has 4 nitrogen and oxygen atoms in total. The van der Waals surface area contributed by atoms with Gasteiger partial charge in [-0.2, -0.15) is 0 Å². The number of nitrogens with one attached hydrogen (secondary N) is 1. The average molecular weight is 276 g/mol. The van der Waals surface area contributed by atoms with Crippen LogP contribution in [0.2, 0.25) is 0 Å². The lowest BCUT2D eigenvalue weighted by atomic mass is 9.80. The molecule has 1 aromatic heterocycles. The Morgan fingerprint density at radius 2 is 1.95 bits per heavy atom. The first kappa shape index (κ1) is 15.1. The van der Waals surface area contributed by atoms with Gasteiger partial charge in [0.05, 0.1) is 0 Å². The van der Waals surface area contributed by atoms with Crippen molar-refractivity contribution in [3.63, 3.8) is 0 Å². The lowest BCUT2D eigenvalue weighted by Gasteiger charge is -2.28. The molecule has 1 aliphatic rings. The molecular weight excluding hydrogens is 248 g/mol. The molecule has 0 radical (unpaired) electrons. The fourth-order valence-corrected chi connectivity index (χ4v) is 2.92. The maximum absolute atomic E-state index is 4.69. The molecule has 0 aliphatic carbocycles. The highest BCUT2D eigenvalue weighted by Crippen LogP contribution is 2.36. The minimum absolute atomic E-state index is 0.370. The third-order valence-electron chi connectivity index (χ3n) is 4.29. The Morgan fingerprint density at radius 1 is 1.25 bits per heavy atom. The molecule has 1 fully saturated rings. The second kappa shape index (κ2) is 5.58. The summed E-state index contributed by atoms with van der Waals surface area (Å²) >= 11 is 0. The van der Waals surface area contributed by atoms with Gasteiger partial charge >= 0.3 is 0 Å². The zero-order valence-corrected chi connectivity index (χ0v) is 13.7. The number of anilines is 2. The van der Waals surface area contributed by atoms with Crippen LogP contribution >= 0.6 is 0 Å². The fourth-order valence-electron chi connectivity index (χ4n) is 2.92. The second-order valence-electron chi connectivity index (χ2n) is 6.90. The Bertz CT molecular complexity index is 476. The molecule has 0 saturated carbocycles. The molecule has 0 spiro atoms. The fraction of sp³-hybridized carbons (Fsp3) is 0.750. The van der Waals surface area contributed by atoms with Gasteiger partial charge in [-0.3, -0.25) is 0 Å². The second-order valence-corrected chi connectivity index (χ2v) is 6.90. The molecule has 0 amide bonds. The number of hydrogen-bond donors (Lipinski definition) is 1. The SMILES string of the molecule is CCNc1nc(C)nc(N2CCC(C(C)(C)C)C2)c1C. The summed E-state index contributed by atoms with van der Waals surface area (Å²) in [5.74, 6) is 3.68. The van der Waals surface area contributed by atoms with Crippen LogP contribution in [0.15, 0.2) is 0 Å². The van der Waals surface area contributed by atoms with E-state index in [4.69, 9.17) is 0 Å². The lowest BCUT2D eigenvalue weighted by Crippen LogP contribution is -2.27. The standard InChI is InChI=1S/C16H28N4/c1-7-17-14-11(2)15(19-12(3)18-14)20-9-8-13(10-20)16(4,5)6/h13H,7-10H2,1-6H3,(H,17,18,19). The van der Waals surface area contributed by atoms with E-state index in [9.17, 15) is 0 Å². The predicted molar refractivity (Wildman–Crippen MR) is 85.4 cm³/mol. The molecule has 0 aromatic carbocycles. The smallest absolute Gasteiger partial charge is 0.137 e. The summed E-state index contributed by atoms with van der Waals surface area (Å²) < 4.78 is 0. The summed E-state index contributed by atoms with van der Waals surface area (Å²) in [5, 5.41) is 3.34. The van der Waals surface area contributed by atoms with E-state index >= 15 is 0 Å². The highest BCUT2D eigenvalue weighted by atomic mass is 15.2. The maximum Gasteiger partial charge on any atom is 0.137 e. The third-order valence-corrected chi connectivity index (χ3v) is 4.29. The maximum atomic E-state index is 4.69. The Kier molecular flexibility index (Phi) is 4.21. The highest BCUT2D eigenvalue weighted by Gasteiger charge is 2.33. The molecule has 4 heteroatoms. The summed E-state index contributed by atoms with van der Waals surface area (Å²) in [4.78, 5) is 11.6. The first-order valence-electron chi connectivity index (χ1n) is 7.67. The number of rotatable bonds is 3. The van der Waals surface area contributed by atoms with Crippen molar-refractivity contribution < 1.29 is 0 Å². The summed E-state index contributed by atoms with van der Waals surface area (Å²) in [7, 11) is 0. The third kappa shape index (κ3) is 3.05. The quantitative estimate of drug-likeness (QED) is 0.918. The number of hydrogen-bond acceptors (Lipinski definition) is 4. The molecule has 1 N–H and O–H groups in total. The van der Waals surface area contributed by atoms with Crippen molar-refractivity contribution in [3.05, 3.63) is 11.4 Å². The molecule has 2 heterocycles. The van der Waals surface area contributed by atoms with Crippen molar-refractivity contribution in [1.82, 2.24) is 9.97 Å². The molecule has 1 aliphatic heterocycles. The van der Waals surface area contributed by atoms with Crippen molar-refractivity contribution in [2.24, 2.45) is 11.3 Å². The van der Waals surface area contributed by atoms with Crippen molar-refractivity contribution in [2.75, 3.05) is 29.9 Å². The highest BCUT2D eigenvalue weighted by molar-refractivity contribution is 5.59. The van der Waals surface area contributed by atoms with Gasteiger partial charge < -0.3 is 10.2 Å². The van der Waals surface area contributed by atoms with Gasteiger partial charge in [0.1, 0.15) is 17.5 Å². The van der Waals surface area contributed by atoms with Crippen LogP contribution in [0.4, 0.5) is 11.6 Å². The van der Waals surface area contributed by atoms with Crippen LogP contribution in [0.3, 0.4) is 0 Å². The lowest BCUT2D eigenvalue weighted by molar-refractivity contribution is 0.263. The van der Waals surface area contributed by atoms with Gasteiger partial charge in [-0.1, -0.05) is 20.8 Å². The largest absolute Gasteiger partial charge is 0.370 e. The minimum Gasteiger partial charge on any atom is -0.370 e. The van der Waals surface area contributed by atoms with Crippen LogP contribution in [0, 0.1) is 25.2 Å². The summed E-state index contributed by atoms with van der Waals surface area (Å²) in [6.45, 7) is 16.3. The Hall–Kier alpha value is -1.32. The Labute approximate surface area is 123 Å². The van der Waals surface area contributed by atoms with Gasteiger partial charge in [0, 0.05) is 25.2 Å². The van der Waals surface area contributed by atoms with E-state index in [0.29, 0.717) is 5.41 Å². The zero-order valence-electron chi connectivity index (χ0n) is 13.7. The van der Waals surface area contributed by atoms with Gasteiger partial charge in [0.2, 0.25) is 0 Å². The van der Waals surface area contributed by atoms with Crippen LogP contribution in [-0.4, -0.2) is 29.6 Å². The van der Waals surface area contributed by atoms with Crippen LogP contribution in [-0.2, 0) is 0 Å². The van der Waals surface area contributed by atoms with Crippen LogP contribution in [0.25, 0.3) is 0 Å². The van der Waals surface area contributed by atoms with E-state index in [1.807, 2.05) is 6.92 Å². The van der Waals surface area contributed by atoms with E-state index in [1.165, 1.54) is 12.0 Å². The van der Waals surface area contributed by atoms with E-state index in [0.717, 1.165) is 43.0 Å². The summed E-state index contributed by atoms with van der Waals surface area (Å²) in [5.41, 5.74) is 1.54. The molecule has 1 aromatic rings. The molecule has 1 saturated heterocycles. The molecule has 2 rings (SSSR count). The van der Waals surface area contributed by atoms with Crippen molar-refractivity contribution >= 4 is 11.6 Å². The molecule has 20 heavy (non-hydrogen) atoms. The van der Waals surface area contributed by atoms with Crippen molar-refractivity contribution in [3.8, 4) is 0 Å². The summed E-state index contributed by atoms with van der Waals surface area (Å²) in [6.07, 6.45) is 1.25. The molecule has 0 bridgehead atoms. The van der Waals surface area contributed by atoms with E-state index in [-0.39, 0.29) is 0 Å². The number of nitrogens with zero attached hydrogens (tertiary/aromatic N) is 3. The van der Waals surface area contributed by atoms with E-state index in [2.05, 4.69) is 54.8 Å². The molecule has 1 atom stereocenters. The molecule has 112 valence electrons. The minimum atomic E-state index is 0.370. The van der Waals surface area contributed by atoms with Crippen molar-refractivity contribution in [1.29, 1.82) is 0 Å². The normalized spacial score (nSPS) is 19.5. The first-order valence-corrected chi connectivity index (χ1v) is 7.67.